The summed E-state index contributed by atoms with van der Waals surface area (Å²) in [5, 5.41) is 5.85. The molecule has 16 heavy (non-hydrogen) atoms. The number of nitrogens with zero attached hydrogens (tertiary/aromatic N) is 2. The molecule has 0 spiro atoms. The van der Waals surface area contributed by atoms with Crippen LogP contribution < -0.4 is 0 Å². The summed E-state index contributed by atoms with van der Waals surface area (Å²) in [6.07, 6.45) is 1.13. The number of hydrogen-bond acceptors (Lipinski definition) is 1. The van der Waals surface area contributed by atoms with E-state index in [4.69, 9.17) is 0 Å². The summed E-state index contributed by atoms with van der Waals surface area (Å²) in [7, 11) is 0. The molecular formula is C14H22N2. The maximum absolute atomic E-state index is 4.56. The van der Waals surface area contributed by atoms with Crippen LogP contribution in [0.1, 0.15) is 38.4 Å². The molecule has 1 aromatic carbocycles. The zero-order chi connectivity index (χ0) is 12.1. The molecule has 0 N–H and O–H groups in total. The van der Waals surface area contributed by atoms with Crippen molar-refractivity contribution in [2.24, 2.45) is 0 Å². The number of aryl methyl sites for hydroxylation is 3. The Balaban J connectivity index is 0.000000606. The highest BCUT2D eigenvalue weighted by Gasteiger charge is 2.07. The van der Waals surface area contributed by atoms with Gasteiger partial charge in [-0.2, -0.15) is 5.10 Å². The van der Waals surface area contributed by atoms with Gasteiger partial charge in [0.1, 0.15) is 0 Å². The van der Waals surface area contributed by atoms with Crippen LogP contribution >= 0.6 is 0 Å². The lowest BCUT2D eigenvalue weighted by atomic mass is 10.1. The molecule has 88 valence electrons. The number of hydrogen-bond donors (Lipinski definition) is 0. The molecule has 0 atom stereocenters. The van der Waals surface area contributed by atoms with Gasteiger partial charge in [-0.1, -0.05) is 39.0 Å². The Kier molecular flexibility index (Phi) is 4.53. The smallest absolute Gasteiger partial charge is 0.0714 e. The molecule has 0 saturated carbocycles. The van der Waals surface area contributed by atoms with Crippen LogP contribution in [0.15, 0.2) is 18.2 Å². The van der Waals surface area contributed by atoms with Crippen LogP contribution in [0.25, 0.3) is 10.9 Å². The highest BCUT2D eigenvalue weighted by Crippen LogP contribution is 2.21. The molecule has 0 bridgehead atoms. The topological polar surface area (TPSA) is 17.8 Å². The molecule has 2 rings (SSSR count). The molecule has 0 aliphatic heterocycles. The fourth-order valence-electron chi connectivity index (χ4n) is 1.95. The molecule has 0 aliphatic carbocycles. The van der Waals surface area contributed by atoms with Gasteiger partial charge in [0.15, 0.2) is 0 Å². The summed E-state index contributed by atoms with van der Waals surface area (Å²) in [6, 6.07) is 6.40. The molecule has 2 aromatic rings. The summed E-state index contributed by atoms with van der Waals surface area (Å²) >= 11 is 0. The van der Waals surface area contributed by atoms with Crippen LogP contribution in [0.2, 0.25) is 0 Å². The summed E-state index contributed by atoms with van der Waals surface area (Å²) in [6.45, 7) is 11.4. The summed E-state index contributed by atoms with van der Waals surface area (Å²) in [4.78, 5) is 0. The lowest BCUT2D eigenvalue weighted by molar-refractivity contribution is 0.616. The second kappa shape index (κ2) is 5.69. The third-order valence-corrected chi connectivity index (χ3v) is 2.59. The van der Waals surface area contributed by atoms with Gasteiger partial charge >= 0.3 is 0 Å². The molecular weight excluding hydrogens is 196 g/mol. The predicted octanol–water partition coefficient (Wildman–Crippen LogP) is 4.09. The van der Waals surface area contributed by atoms with Crippen molar-refractivity contribution < 1.29 is 0 Å². The van der Waals surface area contributed by atoms with E-state index in [0.717, 1.165) is 18.7 Å². The Morgan fingerprint density at radius 3 is 2.50 bits per heavy atom. The standard InChI is InChI=1S/C12H16N2.C2H6/c1-4-8-14-12-9(2)6-5-7-11(12)10(3)13-14;1-2/h5-7H,4,8H2,1-3H3;1-2H3. The highest BCUT2D eigenvalue weighted by molar-refractivity contribution is 5.84. The van der Waals surface area contributed by atoms with Crippen LogP contribution in [0.3, 0.4) is 0 Å². The Bertz CT molecular complexity index is 455. The second-order valence-corrected chi connectivity index (χ2v) is 3.78. The molecule has 2 heteroatoms. The third kappa shape index (κ3) is 2.26. The molecule has 1 heterocycles. The maximum Gasteiger partial charge on any atom is 0.0714 e. The fraction of sp³-hybridized carbons (Fsp3) is 0.500. The van der Waals surface area contributed by atoms with Crippen molar-refractivity contribution in [2.75, 3.05) is 0 Å². The van der Waals surface area contributed by atoms with Gasteiger partial charge in [-0.15, -0.1) is 0 Å². The van der Waals surface area contributed by atoms with Crippen molar-refractivity contribution in [3.63, 3.8) is 0 Å². The average molecular weight is 218 g/mol. The van der Waals surface area contributed by atoms with E-state index < -0.39 is 0 Å². The van der Waals surface area contributed by atoms with Crippen molar-refractivity contribution in [3.8, 4) is 0 Å². The largest absolute Gasteiger partial charge is 0.264 e. The SMILES string of the molecule is CC.CCCn1nc(C)c2cccc(C)c21. The van der Waals surface area contributed by atoms with E-state index >= 15 is 0 Å². The first kappa shape index (κ1) is 12.8. The minimum absolute atomic E-state index is 1.01. The average Bonchev–Trinajstić information content (AvgIpc) is 2.61. The van der Waals surface area contributed by atoms with Gasteiger partial charge < -0.3 is 0 Å². The van der Waals surface area contributed by atoms with Crippen molar-refractivity contribution in [2.45, 2.75) is 47.6 Å². The zero-order valence-corrected chi connectivity index (χ0v) is 11.0. The highest BCUT2D eigenvalue weighted by atomic mass is 15.3. The maximum atomic E-state index is 4.56. The molecule has 0 radical (unpaired) electrons. The normalized spacial score (nSPS) is 10.1. The van der Waals surface area contributed by atoms with Gasteiger partial charge in [0.25, 0.3) is 0 Å². The minimum Gasteiger partial charge on any atom is -0.264 e. The number of benzene rings is 1. The first-order chi connectivity index (χ1) is 7.74. The summed E-state index contributed by atoms with van der Waals surface area (Å²) in [5.41, 5.74) is 3.75. The second-order valence-electron chi connectivity index (χ2n) is 3.78. The number of rotatable bonds is 2. The van der Waals surface area contributed by atoms with E-state index in [1.807, 2.05) is 13.8 Å². The van der Waals surface area contributed by atoms with E-state index in [1.165, 1.54) is 16.5 Å². The summed E-state index contributed by atoms with van der Waals surface area (Å²) < 4.78 is 2.12. The van der Waals surface area contributed by atoms with Crippen molar-refractivity contribution in [3.05, 3.63) is 29.5 Å². The zero-order valence-electron chi connectivity index (χ0n) is 11.0. The van der Waals surface area contributed by atoms with Crippen LogP contribution in [-0.2, 0) is 6.54 Å². The Hall–Kier alpha value is -1.31. The van der Waals surface area contributed by atoms with Crippen molar-refractivity contribution in [1.29, 1.82) is 0 Å². The van der Waals surface area contributed by atoms with Gasteiger partial charge in [-0.3, -0.25) is 4.68 Å². The van der Waals surface area contributed by atoms with Crippen molar-refractivity contribution in [1.82, 2.24) is 9.78 Å². The van der Waals surface area contributed by atoms with Crippen LogP contribution in [0.5, 0.6) is 0 Å². The minimum atomic E-state index is 1.01. The van der Waals surface area contributed by atoms with E-state index in [0.29, 0.717) is 0 Å². The molecule has 0 amide bonds. The van der Waals surface area contributed by atoms with Gasteiger partial charge in [0.2, 0.25) is 0 Å². The van der Waals surface area contributed by atoms with E-state index in [-0.39, 0.29) is 0 Å². The van der Waals surface area contributed by atoms with Gasteiger partial charge in [0.05, 0.1) is 11.2 Å². The molecule has 2 nitrogen and oxygen atoms in total. The van der Waals surface area contributed by atoms with Crippen LogP contribution in [0, 0.1) is 13.8 Å². The van der Waals surface area contributed by atoms with Crippen LogP contribution in [-0.4, -0.2) is 9.78 Å². The molecule has 1 aromatic heterocycles. The number of para-hydroxylation sites is 1. The van der Waals surface area contributed by atoms with Gasteiger partial charge in [0, 0.05) is 11.9 Å². The third-order valence-electron chi connectivity index (χ3n) is 2.59. The van der Waals surface area contributed by atoms with E-state index in [9.17, 15) is 0 Å². The van der Waals surface area contributed by atoms with E-state index in [2.05, 4.69) is 48.8 Å². The Morgan fingerprint density at radius 1 is 1.19 bits per heavy atom. The quantitative estimate of drug-likeness (QED) is 0.742. The molecule has 0 aliphatic rings. The number of aromatic nitrogens is 2. The Morgan fingerprint density at radius 2 is 1.88 bits per heavy atom. The van der Waals surface area contributed by atoms with Gasteiger partial charge in [-0.05, 0) is 25.8 Å². The lowest BCUT2D eigenvalue weighted by Crippen LogP contribution is -1.99. The van der Waals surface area contributed by atoms with Crippen molar-refractivity contribution >= 4 is 10.9 Å². The fourth-order valence-corrected chi connectivity index (χ4v) is 1.95. The molecule has 0 saturated heterocycles. The molecule has 0 unspecified atom stereocenters. The number of fused-ring (bicyclic) bond motifs is 1. The Labute approximate surface area is 98.3 Å². The first-order valence-electron chi connectivity index (χ1n) is 6.16. The van der Waals surface area contributed by atoms with Gasteiger partial charge in [-0.25, -0.2) is 0 Å². The predicted molar refractivity (Wildman–Crippen MR) is 70.8 cm³/mol. The summed E-state index contributed by atoms with van der Waals surface area (Å²) in [5.74, 6) is 0. The first-order valence-corrected chi connectivity index (χ1v) is 6.16. The van der Waals surface area contributed by atoms with E-state index in [1.54, 1.807) is 0 Å². The van der Waals surface area contributed by atoms with Crippen LogP contribution in [0.4, 0.5) is 0 Å². The molecule has 0 fully saturated rings. The lowest BCUT2D eigenvalue weighted by Gasteiger charge is -2.02. The monoisotopic (exact) mass is 218 g/mol.